The van der Waals surface area contributed by atoms with Gasteiger partial charge in [0.15, 0.2) is 11.6 Å². The van der Waals surface area contributed by atoms with Gasteiger partial charge < -0.3 is 9.84 Å². The van der Waals surface area contributed by atoms with Crippen molar-refractivity contribution < 1.29 is 19.0 Å². The van der Waals surface area contributed by atoms with Crippen LogP contribution in [0.2, 0.25) is 0 Å². The Morgan fingerprint density at radius 2 is 1.73 bits per heavy atom. The average Bonchev–Trinajstić information content (AvgIpc) is 2.66. The molecule has 0 saturated heterocycles. The normalized spacial score (nSPS) is 10.3. The molecule has 0 aromatic heterocycles. The van der Waals surface area contributed by atoms with Crippen LogP contribution in [0.25, 0.3) is 10.8 Å². The molecule has 0 spiro atoms. The molecule has 3 nitrogen and oxygen atoms in total. The summed E-state index contributed by atoms with van der Waals surface area (Å²) < 4.78 is 19.4. The van der Waals surface area contributed by atoms with Gasteiger partial charge in [0.2, 0.25) is 0 Å². The van der Waals surface area contributed by atoms with Gasteiger partial charge in [0.25, 0.3) is 0 Å². The van der Waals surface area contributed by atoms with Crippen LogP contribution in [0.5, 0.6) is 5.75 Å². The minimum absolute atomic E-state index is 0.139. The van der Waals surface area contributed by atoms with Gasteiger partial charge in [-0.1, -0.05) is 65.3 Å². The smallest absolute Gasteiger partial charge is 0.311 e. The number of carbonyl (C=O) groups is 1. The number of aromatic hydroxyl groups is 1. The van der Waals surface area contributed by atoms with E-state index in [0.29, 0.717) is 17.2 Å². The van der Waals surface area contributed by atoms with E-state index in [4.69, 9.17) is 4.74 Å². The Morgan fingerprint density at radius 1 is 1.15 bits per heavy atom. The first-order chi connectivity index (χ1) is 12.4. The number of hydrogen-bond donors (Lipinski definition) is 1. The second-order valence-corrected chi connectivity index (χ2v) is 6.13. The highest BCUT2D eigenvalue weighted by Gasteiger charge is 2.28. The van der Waals surface area contributed by atoms with Crippen molar-refractivity contribution in [2.75, 3.05) is 0 Å². The van der Waals surface area contributed by atoms with Gasteiger partial charge in [-0.15, -0.1) is 0 Å². The fraction of sp³-hybridized carbons (Fsp3) is 0.500. The molecule has 2 aromatic rings. The molecule has 0 radical (unpaired) electrons. The first-order valence-electron chi connectivity index (χ1n) is 9.43. The Bertz CT molecular complexity index is 693. The highest BCUT2D eigenvalue weighted by atomic mass is 19.1. The van der Waals surface area contributed by atoms with Crippen LogP contribution in [0.4, 0.5) is 4.39 Å². The zero-order valence-electron chi connectivity index (χ0n) is 17.1. The number of benzene rings is 2. The Morgan fingerprint density at radius 3 is 2.31 bits per heavy atom. The molecule has 2 aromatic carbocycles. The Balaban J connectivity index is 0.00000146. The maximum Gasteiger partial charge on any atom is 0.311 e. The van der Waals surface area contributed by atoms with E-state index in [1.165, 1.54) is 0 Å². The predicted molar refractivity (Wildman–Crippen MR) is 107 cm³/mol. The number of phenols is 1. The van der Waals surface area contributed by atoms with Gasteiger partial charge in [-0.2, -0.15) is 0 Å². The topological polar surface area (TPSA) is 46.5 Å². The van der Waals surface area contributed by atoms with Crippen molar-refractivity contribution in [3.63, 3.8) is 0 Å². The van der Waals surface area contributed by atoms with Gasteiger partial charge in [-0.3, -0.25) is 4.79 Å². The standard InChI is InChI=1S/C18H21FO3.2C2H6/c1-4-9-18(2,3)17(21)22-11-13-10-12-7-5-6-8-14(12)15(19)16(13)20;2*1-2/h5-8,10,20H,4,9,11H2,1-3H3;2*1-2H3. The molecule has 0 bridgehead atoms. The molecule has 0 aliphatic carbocycles. The van der Waals surface area contributed by atoms with Crippen LogP contribution in [0.1, 0.15) is 66.9 Å². The predicted octanol–water partition coefficient (Wildman–Crippen LogP) is 6.61. The van der Waals surface area contributed by atoms with Crippen molar-refractivity contribution in [2.45, 2.75) is 67.9 Å². The van der Waals surface area contributed by atoms with E-state index < -0.39 is 17.0 Å². The summed E-state index contributed by atoms with van der Waals surface area (Å²) in [5, 5.41) is 11.0. The van der Waals surface area contributed by atoms with Gasteiger partial charge in [-0.25, -0.2) is 4.39 Å². The molecule has 146 valence electrons. The highest BCUT2D eigenvalue weighted by molar-refractivity contribution is 5.85. The van der Waals surface area contributed by atoms with Gasteiger partial charge in [0, 0.05) is 10.9 Å². The van der Waals surface area contributed by atoms with Crippen molar-refractivity contribution in [1.29, 1.82) is 0 Å². The molecule has 0 atom stereocenters. The van der Waals surface area contributed by atoms with Gasteiger partial charge >= 0.3 is 5.97 Å². The molecule has 0 aliphatic rings. The number of ether oxygens (including phenoxy) is 1. The molecule has 0 saturated carbocycles. The SMILES string of the molecule is CC.CC.CCCC(C)(C)C(=O)OCc1cc2ccccc2c(F)c1O. The molecular formula is C22H33FO3. The minimum atomic E-state index is -0.683. The van der Waals surface area contributed by atoms with Gasteiger partial charge in [0.1, 0.15) is 6.61 Å². The third-order valence-electron chi connectivity index (χ3n) is 3.83. The summed E-state index contributed by atoms with van der Waals surface area (Å²) in [6.45, 7) is 13.5. The number of hydrogen-bond acceptors (Lipinski definition) is 3. The average molecular weight is 365 g/mol. The quantitative estimate of drug-likeness (QED) is 0.607. The van der Waals surface area contributed by atoms with Crippen molar-refractivity contribution in [3.8, 4) is 5.75 Å². The van der Waals surface area contributed by atoms with E-state index in [1.54, 1.807) is 30.3 Å². The zero-order chi connectivity index (χ0) is 20.3. The lowest BCUT2D eigenvalue weighted by atomic mass is 9.88. The zero-order valence-corrected chi connectivity index (χ0v) is 17.1. The van der Waals surface area contributed by atoms with E-state index in [1.807, 2.05) is 48.5 Å². The summed E-state index contributed by atoms with van der Waals surface area (Å²) in [6, 6.07) is 8.50. The second kappa shape index (κ2) is 11.5. The molecule has 0 unspecified atom stereocenters. The van der Waals surface area contributed by atoms with E-state index in [2.05, 4.69) is 0 Å². The number of halogens is 1. The Hall–Kier alpha value is -2.10. The molecule has 0 heterocycles. The van der Waals surface area contributed by atoms with Crippen LogP contribution in [-0.2, 0) is 16.1 Å². The van der Waals surface area contributed by atoms with Crippen LogP contribution in [0.15, 0.2) is 30.3 Å². The molecule has 26 heavy (non-hydrogen) atoms. The number of phenolic OH excluding ortho intramolecular Hbond substituents is 1. The first-order valence-corrected chi connectivity index (χ1v) is 9.43. The third-order valence-corrected chi connectivity index (χ3v) is 3.83. The van der Waals surface area contributed by atoms with E-state index in [-0.39, 0.29) is 18.1 Å². The van der Waals surface area contributed by atoms with Crippen molar-refractivity contribution in [3.05, 3.63) is 41.7 Å². The van der Waals surface area contributed by atoms with Crippen LogP contribution in [0.3, 0.4) is 0 Å². The lowest BCUT2D eigenvalue weighted by Gasteiger charge is -2.22. The number of fused-ring (bicyclic) bond motifs is 1. The van der Waals surface area contributed by atoms with E-state index >= 15 is 0 Å². The fourth-order valence-corrected chi connectivity index (χ4v) is 2.52. The van der Waals surface area contributed by atoms with Crippen molar-refractivity contribution in [2.24, 2.45) is 5.41 Å². The summed E-state index contributed by atoms with van der Waals surface area (Å²) >= 11 is 0. The second-order valence-electron chi connectivity index (χ2n) is 6.13. The molecule has 1 N–H and O–H groups in total. The largest absolute Gasteiger partial charge is 0.505 e. The van der Waals surface area contributed by atoms with Crippen molar-refractivity contribution >= 4 is 16.7 Å². The fourth-order valence-electron chi connectivity index (χ4n) is 2.52. The van der Waals surface area contributed by atoms with E-state index in [9.17, 15) is 14.3 Å². The highest BCUT2D eigenvalue weighted by Crippen LogP contribution is 2.31. The molecule has 0 amide bonds. The van der Waals surface area contributed by atoms with Crippen LogP contribution >= 0.6 is 0 Å². The van der Waals surface area contributed by atoms with Crippen LogP contribution < -0.4 is 0 Å². The molecule has 2 rings (SSSR count). The van der Waals surface area contributed by atoms with E-state index in [0.717, 1.165) is 6.42 Å². The summed E-state index contributed by atoms with van der Waals surface area (Å²) in [5.41, 5.74) is -0.309. The number of carbonyl (C=O) groups excluding carboxylic acids is 1. The van der Waals surface area contributed by atoms with Crippen molar-refractivity contribution in [1.82, 2.24) is 0 Å². The number of rotatable bonds is 5. The van der Waals surface area contributed by atoms with Crippen LogP contribution in [-0.4, -0.2) is 11.1 Å². The molecule has 0 fully saturated rings. The Labute approximate surface area is 157 Å². The third kappa shape index (κ3) is 6.01. The molecule has 0 aliphatic heterocycles. The monoisotopic (exact) mass is 364 g/mol. The number of esters is 1. The lowest BCUT2D eigenvalue weighted by molar-refractivity contribution is -0.155. The maximum atomic E-state index is 14.1. The summed E-state index contributed by atoms with van der Waals surface area (Å²) in [4.78, 5) is 12.1. The minimum Gasteiger partial charge on any atom is -0.505 e. The lowest BCUT2D eigenvalue weighted by Crippen LogP contribution is -2.26. The summed E-state index contributed by atoms with van der Waals surface area (Å²) in [7, 11) is 0. The maximum absolute atomic E-state index is 14.1. The molecule has 4 heteroatoms. The van der Waals surface area contributed by atoms with Gasteiger partial charge in [0.05, 0.1) is 5.41 Å². The van der Waals surface area contributed by atoms with Crippen LogP contribution in [0, 0.1) is 11.2 Å². The Kier molecular flexibility index (Phi) is 10.6. The molecular weight excluding hydrogens is 331 g/mol. The summed E-state index contributed by atoms with van der Waals surface area (Å²) in [6.07, 6.45) is 1.59. The van der Waals surface area contributed by atoms with Gasteiger partial charge in [-0.05, 0) is 31.7 Å². The first kappa shape index (κ1) is 23.9. The summed E-state index contributed by atoms with van der Waals surface area (Å²) in [5.74, 6) is -1.49.